The number of allylic oxidation sites excluding steroid dienone is 2. The van der Waals surface area contributed by atoms with Crippen molar-refractivity contribution in [3.8, 4) is 23.3 Å². The fourth-order valence-corrected chi connectivity index (χ4v) is 4.71. The normalized spacial score (nSPS) is 15.8. The highest BCUT2D eigenvalue weighted by atomic mass is 16.5. The number of imide groups is 1. The lowest BCUT2D eigenvalue weighted by atomic mass is 9.84. The largest absolute Gasteiger partial charge is 0.457 e. The van der Waals surface area contributed by atoms with Crippen LogP contribution in [0.4, 0.5) is 0 Å². The predicted octanol–water partition coefficient (Wildman–Crippen LogP) is 6.62. The summed E-state index contributed by atoms with van der Waals surface area (Å²) in [6.07, 6.45) is 3.64. The molecule has 0 spiro atoms. The first-order valence-corrected chi connectivity index (χ1v) is 12.3. The van der Waals surface area contributed by atoms with Crippen molar-refractivity contribution >= 4 is 11.8 Å². The summed E-state index contributed by atoms with van der Waals surface area (Å²) in [5.41, 5.74) is 4.53. The monoisotopic (exact) mass is 481 g/mol. The zero-order valence-corrected chi connectivity index (χ0v) is 20.1. The van der Waals surface area contributed by atoms with Crippen LogP contribution in [0.5, 0.6) is 11.5 Å². The molecule has 0 saturated heterocycles. The predicted molar refractivity (Wildman–Crippen MR) is 142 cm³/mol. The van der Waals surface area contributed by atoms with Gasteiger partial charge in [-0.15, -0.1) is 0 Å². The summed E-state index contributed by atoms with van der Waals surface area (Å²) in [4.78, 5) is 27.8. The Morgan fingerprint density at radius 1 is 0.703 bits per heavy atom. The number of amides is 2. The second-order valence-electron chi connectivity index (χ2n) is 9.15. The van der Waals surface area contributed by atoms with Crippen LogP contribution in [0, 0.1) is 17.8 Å². The highest BCUT2D eigenvalue weighted by molar-refractivity contribution is 6.22. The molecular formula is C33H23NO3. The lowest BCUT2D eigenvalue weighted by Gasteiger charge is -2.32. The van der Waals surface area contributed by atoms with Gasteiger partial charge in [0.15, 0.2) is 0 Å². The van der Waals surface area contributed by atoms with Gasteiger partial charge in [-0.1, -0.05) is 72.5 Å². The van der Waals surface area contributed by atoms with Crippen LogP contribution in [0.25, 0.3) is 0 Å². The number of fused-ring (bicyclic) bond motifs is 1. The molecule has 2 amide bonds. The molecule has 0 radical (unpaired) electrons. The van der Waals surface area contributed by atoms with Crippen molar-refractivity contribution in [2.45, 2.75) is 12.8 Å². The van der Waals surface area contributed by atoms with E-state index in [-0.39, 0.29) is 17.7 Å². The average molecular weight is 482 g/mol. The third-order valence-corrected chi connectivity index (χ3v) is 6.67. The van der Waals surface area contributed by atoms with Crippen LogP contribution in [-0.4, -0.2) is 16.7 Å². The Morgan fingerprint density at radius 2 is 1.38 bits per heavy atom. The third kappa shape index (κ3) is 4.55. The van der Waals surface area contributed by atoms with Gasteiger partial charge in [-0.05, 0) is 66.9 Å². The van der Waals surface area contributed by atoms with Gasteiger partial charge in [0, 0.05) is 22.7 Å². The summed E-state index contributed by atoms with van der Waals surface area (Å²) in [6, 6.07) is 32.5. The molecule has 1 unspecified atom stereocenters. The molecule has 4 aromatic carbocycles. The minimum absolute atomic E-state index is 0.153. The van der Waals surface area contributed by atoms with Crippen molar-refractivity contribution in [3.63, 3.8) is 0 Å². The lowest BCUT2D eigenvalue weighted by molar-refractivity contribution is 0.0676. The van der Waals surface area contributed by atoms with Crippen LogP contribution in [-0.2, 0) is 6.42 Å². The Morgan fingerprint density at radius 3 is 2.14 bits per heavy atom. The highest BCUT2D eigenvalue weighted by Gasteiger charge is 2.42. The van der Waals surface area contributed by atoms with Gasteiger partial charge in [0.25, 0.3) is 11.8 Å². The second-order valence-corrected chi connectivity index (χ2v) is 9.15. The third-order valence-electron chi connectivity index (χ3n) is 6.67. The molecule has 37 heavy (non-hydrogen) atoms. The van der Waals surface area contributed by atoms with Crippen LogP contribution in [0.3, 0.4) is 0 Å². The van der Waals surface area contributed by atoms with E-state index in [1.54, 1.807) is 18.2 Å². The number of nitrogens with zero attached hydrogens (tertiary/aromatic N) is 1. The topological polar surface area (TPSA) is 46.6 Å². The molecule has 0 N–H and O–H groups in total. The Labute approximate surface area is 215 Å². The van der Waals surface area contributed by atoms with Gasteiger partial charge in [0.2, 0.25) is 0 Å². The molecule has 1 aliphatic heterocycles. The van der Waals surface area contributed by atoms with Crippen LogP contribution in [0.1, 0.15) is 43.8 Å². The molecule has 1 atom stereocenters. The average Bonchev–Trinajstić information content (AvgIpc) is 3.16. The van der Waals surface area contributed by atoms with E-state index < -0.39 is 0 Å². The molecule has 1 heterocycles. The van der Waals surface area contributed by atoms with E-state index >= 15 is 0 Å². The number of benzene rings is 4. The van der Waals surface area contributed by atoms with E-state index in [0.717, 1.165) is 29.7 Å². The SMILES string of the molecule is O=C1c2ccc(Oc3cccc(C#Cc4ccccc4)c3)cc2C(=O)N1C1=CCC1Cc1ccccc1. The van der Waals surface area contributed by atoms with Gasteiger partial charge in [-0.3, -0.25) is 9.59 Å². The number of rotatable bonds is 5. The zero-order chi connectivity index (χ0) is 25.2. The zero-order valence-electron chi connectivity index (χ0n) is 20.1. The Kier molecular flexibility index (Phi) is 5.88. The molecule has 4 nitrogen and oxygen atoms in total. The molecule has 1 aliphatic carbocycles. The van der Waals surface area contributed by atoms with Crippen LogP contribution < -0.4 is 4.74 Å². The molecule has 0 aromatic heterocycles. The number of carbonyl (C=O) groups is 2. The fourth-order valence-electron chi connectivity index (χ4n) is 4.71. The number of hydrogen-bond donors (Lipinski definition) is 0. The maximum atomic E-state index is 13.3. The van der Waals surface area contributed by atoms with Gasteiger partial charge < -0.3 is 4.74 Å². The number of ether oxygens (including phenoxy) is 1. The van der Waals surface area contributed by atoms with E-state index in [1.807, 2.05) is 78.9 Å². The minimum Gasteiger partial charge on any atom is -0.457 e. The van der Waals surface area contributed by atoms with Crippen molar-refractivity contribution in [1.82, 2.24) is 4.90 Å². The van der Waals surface area contributed by atoms with Crippen molar-refractivity contribution in [2.24, 2.45) is 5.92 Å². The molecular weight excluding hydrogens is 458 g/mol. The lowest BCUT2D eigenvalue weighted by Crippen LogP contribution is -2.36. The molecule has 178 valence electrons. The van der Waals surface area contributed by atoms with Crippen molar-refractivity contribution in [2.75, 3.05) is 0 Å². The summed E-state index contributed by atoms with van der Waals surface area (Å²) in [6.45, 7) is 0. The molecule has 6 rings (SSSR count). The summed E-state index contributed by atoms with van der Waals surface area (Å²) >= 11 is 0. The van der Waals surface area contributed by atoms with Crippen molar-refractivity contribution in [3.05, 3.63) is 143 Å². The highest BCUT2D eigenvalue weighted by Crippen LogP contribution is 2.39. The number of hydrogen-bond acceptors (Lipinski definition) is 3. The fraction of sp³-hybridized carbons (Fsp3) is 0.0909. The Balaban J connectivity index is 1.19. The summed E-state index contributed by atoms with van der Waals surface area (Å²) in [5, 5.41) is 0. The van der Waals surface area contributed by atoms with Crippen LogP contribution in [0.2, 0.25) is 0 Å². The first kappa shape index (κ1) is 22.6. The standard InChI is InChI=1S/C33H23NO3/c35-32-29-18-17-28(37-27-13-7-12-25(21-27)15-14-23-8-3-1-4-9-23)22-30(29)33(36)34(32)31-19-16-26(31)20-24-10-5-2-6-11-24/h1-13,17-19,21-22,26H,16,20H2. The van der Waals surface area contributed by atoms with E-state index in [4.69, 9.17) is 4.74 Å². The smallest absolute Gasteiger partial charge is 0.266 e. The van der Waals surface area contributed by atoms with Gasteiger partial charge in [-0.2, -0.15) is 0 Å². The number of carbonyl (C=O) groups excluding carboxylic acids is 2. The Bertz CT molecular complexity index is 1590. The van der Waals surface area contributed by atoms with Crippen molar-refractivity contribution < 1.29 is 14.3 Å². The van der Waals surface area contributed by atoms with E-state index in [0.29, 0.717) is 22.6 Å². The van der Waals surface area contributed by atoms with Crippen LogP contribution in [0.15, 0.2) is 115 Å². The molecule has 0 fully saturated rings. The van der Waals surface area contributed by atoms with Crippen molar-refractivity contribution in [1.29, 1.82) is 0 Å². The van der Waals surface area contributed by atoms with Gasteiger partial charge in [0.05, 0.1) is 11.1 Å². The minimum atomic E-state index is -0.294. The maximum Gasteiger partial charge on any atom is 0.266 e. The Hall–Kier alpha value is -4.88. The van der Waals surface area contributed by atoms with Gasteiger partial charge in [0.1, 0.15) is 11.5 Å². The summed E-state index contributed by atoms with van der Waals surface area (Å²) in [5.74, 6) is 6.99. The van der Waals surface area contributed by atoms with Gasteiger partial charge in [-0.25, -0.2) is 4.90 Å². The second kappa shape index (κ2) is 9.64. The van der Waals surface area contributed by atoms with E-state index in [1.165, 1.54) is 10.5 Å². The molecule has 4 heteroatoms. The molecule has 4 aromatic rings. The summed E-state index contributed by atoms with van der Waals surface area (Å²) in [7, 11) is 0. The quantitative estimate of drug-likeness (QED) is 0.238. The van der Waals surface area contributed by atoms with Gasteiger partial charge >= 0.3 is 0 Å². The first-order valence-electron chi connectivity index (χ1n) is 12.3. The molecule has 2 aliphatic rings. The first-order chi connectivity index (χ1) is 18.2. The molecule has 0 bridgehead atoms. The maximum absolute atomic E-state index is 13.3. The summed E-state index contributed by atoms with van der Waals surface area (Å²) < 4.78 is 6.05. The van der Waals surface area contributed by atoms with Crippen LogP contribution >= 0.6 is 0 Å². The van der Waals surface area contributed by atoms with E-state index in [9.17, 15) is 9.59 Å². The van der Waals surface area contributed by atoms with E-state index in [2.05, 4.69) is 24.0 Å². The molecule has 0 saturated carbocycles.